The summed E-state index contributed by atoms with van der Waals surface area (Å²) in [5.74, 6) is 2.41. The molecule has 0 aliphatic carbocycles. The normalized spacial score (nSPS) is 15.0. The summed E-state index contributed by atoms with van der Waals surface area (Å²) in [6, 6.07) is 5.40. The quantitative estimate of drug-likeness (QED) is 0.270. The Morgan fingerprint density at radius 3 is 2.75 bits per heavy atom. The van der Waals surface area contributed by atoms with Gasteiger partial charge in [-0.05, 0) is 51.5 Å². The number of carbonyl (C=O) groups excluding carboxylic acids is 1. The number of piperidine rings is 1. The van der Waals surface area contributed by atoms with Gasteiger partial charge in [0.25, 0.3) is 5.89 Å². The van der Waals surface area contributed by atoms with Gasteiger partial charge in [-0.15, -0.1) is 6.58 Å². The summed E-state index contributed by atoms with van der Waals surface area (Å²) in [7, 11) is 3.79. The average molecular weight is 491 g/mol. The van der Waals surface area contributed by atoms with Crippen molar-refractivity contribution in [3.63, 3.8) is 0 Å². The maximum Gasteiger partial charge on any atom is 0.261 e. The number of nitrogens with one attached hydrogen (secondary N) is 3. The lowest BCUT2D eigenvalue weighted by molar-refractivity contribution is 0.112. The minimum atomic E-state index is -0.0570. The van der Waals surface area contributed by atoms with Gasteiger partial charge >= 0.3 is 0 Å². The lowest BCUT2D eigenvalue weighted by Gasteiger charge is -2.33. The summed E-state index contributed by atoms with van der Waals surface area (Å²) >= 11 is 0. The van der Waals surface area contributed by atoms with Gasteiger partial charge in [-0.3, -0.25) is 9.69 Å². The van der Waals surface area contributed by atoms with Crippen LogP contribution in [0, 0.1) is 0 Å². The zero-order valence-electron chi connectivity index (χ0n) is 21.2. The van der Waals surface area contributed by atoms with Crippen LogP contribution in [0.15, 0.2) is 41.6 Å². The van der Waals surface area contributed by atoms with E-state index in [9.17, 15) is 4.79 Å². The van der Waals surface area contributed by atoms with Gasteiger partial charge in [0.2, 0.25) is 0 Å². The van der Waals surface area contributed by atoms with Gasteiger partial charge < -0.3 is 20.5 Å². The predicted octanol–water partition coefficient (Wildman–Crippen LogP) is 3.77. The van der Waals surface area contributed by atoms with Crippen LogP contribution in [0.2, 0.25) is 0 Å². The average Bonchev–Trinajstić information content (AvgIpc) is 3.40. The van der Waals surface area contributed by atoms with Crippen LogP contribution in [-0.4, -0.2) is 65.0 Å². The highest BCUT2D eigenvalue weighted by atomic mass is 16.5. The second-order valence-corrected chi connectivity index (χ2v) is 9.13. The van der Waals surface area contributed by atoms with Gasteiger partial charge in [-0.1, -0.05) is 18.2 Å². The highest BCUT2D eigenvalue weighted by Gasteiger charge is 2.37. The Bertz CT molecular complexity index is 1200. The summed E-state index contributed by atoms with van der Waals surface area (Å²) in [5.41, 5.74) is 2.72. The Kier molecular flexibility index (Phi) is 8.07. The minimum absolute atomic E-state index is 0.0570. The van der Waals surface area contributed by atoms with Crippen LogP contribution < -0.4 is 16.0 Å². The van der Waals surface area contributed by atoms with Crippen molar-refractivity contribution in [3.05, 3.63) is 54.1 Å². The molecule has 1 saturated heterocycles. The molecule has 190 valence electrons. The SMILES string of the molecule is C=CCN(C)Cc1nc(Nc2cc(NC)c(-c3nc(C4(CC)CCNCC4)no3)cn2)ccc1C=O. The molecular weight excluding hydrogens is 456 g/mol. The van der Waals surface area contributed by atoms with E-state index in [4.69, 9.17) is 9.51 Å². The highest BCUT2D eigenvalue weighted by molar-refractivity contribution is 5.78. The van der Waals surface area contributed by atoms with Gasteiger partial charge in [0.1, 0.15) is 11.6 Å². The van der Waals surface area contributed by atoms with Gasteiger partial charge in [-0.25, -0.2) is 9.97 Å². The first-order chi connectivity index (χ1) is 17.5. The van der Waals surface area contributed by atoms with Crippen molar-refractivity contribution in [1.29, 1.82) is 0 Å². The van der Waals surface area contributed by atoms with Crippen LogP contribution in [0.5, 0.6) is 0 Å². The van der Waals surface area contributed by atoms with E-state index in [0.29, 0.717) is 41.9 Å². The van der Waals surface area contributed by atoms with E-state index in [1.165, 1.54) is 0 Å². The second kappa shape index (κ2) is 11.4. The second-order valence-electron chi connectivity index (χ2n) is 9.13. The number of nitrogens with zero attached hydrogens (tertiary/aromatic N) is 5. The Hall–Kier alpha value is -3.63. The number of rotatable bonds is 11. The standard InChI is InChI=1S/C26H34N8O2/c1-5-13-34(4)16-21-18(17-35)7-8-22(30-21)31-23-14-20(27-3)19(15-29-23)24-32-25(33-36-24)26(6-2)9-11-28-12-10-26/h5,7-8,14-15,17,28H,1,6,9-13,16H2,2-4H3,(H2,27,29,30,31). The molecule has 0 atom stereocenters. The summed E-state index contributed by atoms with van der Waals surface area (Å²) in [6.07, 6.45) is 7.30. The number of anilines is 3. The molecule has 0 unspecified atom stereocenters. The zero-order valence-corrected chi connectivity index (χ0v) is 21.2. The van der Waals surface area contributed by atoms with Crippen molar-refractivity contribution in [1.82, 2.24) is 30.3 Å². The van der Waals surface area contributed by atoms with Gasteiger partial charge in [0.05, 0.1) is 16.9 Å². The molecule has 3 aromatic heterocycles. The number of hydrogen-bond donors (Lipinski definition) is 3. The first-order valence-corrected chi connectivity index (χ1v) is 12.3. The molecule has 1 aliphatic rings. The van der Waals surface area contributed by atoms with Crippen molar-refractivity contribution in [3.8, 4) is 11.5 Å². The minimum Gasteiger partial charge on any atom is -0.387 e. The van der Waals surface area contributed by atoms with Crippen LogP contribution in [0.25, 0.3) is 11.5 Å². The van der Waals surface area contributed by atoms with Crippen LogP contribution in [0.4, 0.5) is 17.3 Å². The Balaban J connectivity index is 1.56. The smallest absolute Gasteiger partial charge is 0.261 e. The lowest BCUT2D eigenvalue weighted by Crippen LogP contribution is -2.40. The molecule has 1 fully saturated rings. The number of likely N-dealkylation sites (N-methyl/N-ethyl adjacent to an activating group) is 1. The number of aromatic nitrogens is 4. The third kappa shape index (κ3) is 5.44. The zero-order chi connectivity index (χ0) is 25.5. The van der Waals surface area contributed by atoms with Gasteiger partial charge in [0, 0.05) is 43.4 Å². The molecule has 0 radical (unpaired) electrons. The summed E-state index contributed by atoms with van der Waals surface area (Å²) < 4.78 is 5.69. The molecule has 0 spiro atoms. The van der Waals surface area contributed by atoms with Crippen molar-refractivity contribution >= 4 is 23.6 Å². The van der Waals surface area contributed by atoms with Crippen LogP contribution in [0.1, 0.15) is 48.1 Å². The van der Waals surface area contributed by atoms with E-state index >= 15 is 0 Å². The van der Waals surface area contributed by atoms with E-state index in [1.807, 2.05) is 31.1 Å². The topological polar surface area (TPSA) is 121 Å². The molecule has 4 heterocycles. The molecule has 4 rings (SSSR count). The lowest BCUT2D eigenvalue weighted by atomic mass is 9.76. The van der Waals surface area contributed by atoms with Crippen molar-refractivity contribution in [2.45, 2.75) is 38.1 Å². The van der Waals surface area contributed by atoms with E-state index < -0.39 is 0 Å². The number of carbonyl (C=O) groups is 1. The van der Waals surface area contributed by atoms with E-state index in [0.717, 1.165) is 55.7 Å². The molecule has 10 nitrogen and oxygen atoms in total. The fourth-order valence-electron chi connectivity index (χ4n) is 4.58. The molecule has 0 aromatic carbocycles. The van der Waals surface area contributed by atoms with Crippen molar-refractivity contribution in [2.24, 2.45) is 0 Å². The first-order valence-electron chi connectivity index (χ1n) is 12.3. The summed E-state index contributed by atoms with van der Waals surface area (Å²) in [4.78, 5) is 27.5. The third-order valence-corrected chi connectivity index (χ3v) is 6.79. The molecule has 3 N–H and O–H groups in total. The van der Waals surface area contributed by atoms with Crippen LogP contribution in [0.3, 0.4) is 0 Å². The molecule has 3 aromatic rings. The van der Waals surface area contributed by atoms with Crippen molar-refractivity contribution in [2.75, 3.05) is 44.4 Å². The van der Waals surface area contributed by atoms with E-state index in [-0.39, 0.29) is 5.41 Å². The maximum atomic E-state index is 11.5. The molecule has 0 bridgehead atoms. The van der Waals surface area contributed by atoms with E-state index in [1.54, 1.807) is 18.3 Å². The molecule has 36 heavy (non-hydrogen) atoms. The monoisotopic (exact) mass is 490 g/mol. The van der Waals surface area contributed by atoms with Crippen LogP contribution in [-0.2, 0) is 12.0 Å². The molecule has 0 saturated carbocycles. The Morgan fingerprint density at radius 1 is 1.25 bits per heavy atom. The van der Waals surface area contributed by atoms with E-state index in [2.05, 4.69) is 44.6 Å². The van der Waals surface area contributed by atoms with Crippen molar-refractivity contribution < 1.29 is 9.32 Å². The Morgan fingerprint density at radius 2 is 2.06 bits per heavy atom. The molecule has 1 aliphatic heterocycles. The summed E-state index contributed by atoms with van der Waals surface area (Å²) in [6.45, 7) is 9.07. The molecular formula is C26H34N8O2. The van der Waals surface area contributed by atoms with Crippen LogP contribution >= 0.6 is 0 Å². The number of hydrogen-bond acceptors (Lipinski definition) is 10. The highest BCUT2D eigenvalue weighted by Crippen LogP contribution is 2.37. The Labute approximate surface area is 211 Å². The molecule has 10 heteroatoms. The third-order valence-electron chi connectivity index (χ3n) is 6.79. The summed E-state index contributed by atoms with van der Waals surface area (Å²) in [5, 5.41) is 14.2. The fraction of sp³-hybridized carbons (Fsp3) is 0.423. The molecule has 0 amide bonds. The first kappa shape index (κ1) is 25.5. The maximum absolute atomic E-state index is 11.5. The predicted molar refractivity (Wildman–Crippen MR) is 141 cm³/mol. The van der Waals surface area contributed by atoms with Gasteiger partial charge in [-0.2, -0.15) is 4.98 Å². The fourth-order valence-corrected chi connectivity index (χ4v) is 4.58. The number of pyridine rings is 2. The number of aldehydes is 1. The van der Waals surface area contributed by atoms with Gasteiger partial charge in [0.15, 0.2) is 12.1 Å². The largest absolute Gasteiger partial charge is 0.387 e.